The number of benzene rings is 1. The topological polar surface area (TPSA) is 39.7 Å². The van der Waals surface area contributed by atoms with Gasteiger partial charge in [0.1, 0.15) is 0 Å². The van der Waals surface area contributed by atoms with Gasteiger partial charge in [-0.3, -0.25) is 0 Å². The Labute approximate surface area is 122 Å². The van der Waals surface area contributed by atoms with Crippen molar-refractivity contribution in [3.8, 4) is 11.5 Å². The fourth-order valence-corrected chi connectivity index (χ4v) is 2.49. The third kappa shape index (κ3) is 4.09. The minimum atomic E-state index is 0.212. The first-order chi connectivity index (χ1) is 9.20. The molecule has 19 heavy (non-hydrogen) atoms. The van der Waals surface area contributed by atoms with Gasteiger partial charge in [0.05, 0.1) is 23.8 Å². The molecule has 1 unspecified atom stereocenters. The summed E-state index contributed by atoms with van der Waals surface area (Å²) in [7, 11) is 1.72. The molecule has 1 aliphatic rings. The van der Waals surface area contributed by atoms with Crippen molar-refractivity contribution in [2.24, 2.45) is 0 Å². The third-order valence-corrected chi connectivity index (χ3v) is 3.61. The van der Waals surface area contributed by atoms with Crippen LogP contribution in [-0.4, -0.2) is 33.0 Å². The summed E-state index contributed by atoms with van der Waals surface area (Å²) in [5, 5.41) is 3.36. The van der Waals surface area contributed by atoms with Crippen LogP contribution in [0.3, 0.4) is 0 Å². The van der Waals surface area contributed by atoms with Gasteiger partial charge in [-0.05, 0) is 40.5 Å². The van der Waals surface area contributed by atoms with Gasteiger partial charge < -0.3 is 19.5 Å². The van der Waals surface area contributed by atoms with Crippen LogP contribution in [0.15, 0.2) is 16.6 Å². The fraction of sp³-hybridized carbons (Fsp3) is 0.571. The maximum absolute atomic E-state index is 5.71. The van der Waals surface area contributed by atoms with E-state index in [9.17, 15) is 0 Å². The Hall–Kier alpha value is -0.780. The van der Waals surface area contributed by atoms with Crippen LogP contribution in [0.4, 0.5) is 0 Å². The van der Waals surface area contributed by atoms with Gasteiger partial charge in [0.15, 0.2) is 11.5 Å². The molecule has 0 saturated heterocycles. The number of ether oxygens (including phenoxy) is 3. The lowest BCUT2D eigenvalue weighted by atomic mass is 10.2. The first-order valence-electron chi connectivity index (χ1n) is 6.52. The molecule has 1 atom stereocenters. The van der Waals surface area contributed by atoms with Gasteiger partial charge in [-0.2, -0.15) is 0 Å². The van der Waals surface area contributed by atoms with Gasteiger partial charge in [0, 0.05) is 26.6 Å². The van der Waals surface area contributed by atoms with Gasteiger partial charge in [-0.15, -0.1) is 0 Å². The molecular formula is C14H20BrNO3. The quantitative estimate of drug-likeness (QED) is 0.901. The predicted molar refractivity (Wildman–Crippen MR) is 77.9 cm³/mol. The Morgan fingerprint density at radius 1 is 1.37 bits per heavy atom. The second-order valence-corrected chi connectivity index (χ2v) is 5.49. The molecule has 1 N–H and O–H groups in total. The third-order valence-electron chi connectivity index (χ3n) is 3.03. The maximum atomic E-state index is 5.71. The molecule has 1 heterocycles. The first-order valence-corrected chi connectivity index (χ1v) is 7.31. The van der Waals surface area contributed by atoms with Crippen molar-refractivity contribution in [2.45, 2.75) is 26.0 Å². The van der Waals surface area contributed by atoms with Crippen molar-refractivity contribution < 1.29 is 14.2 Å². The highest BCUT2D eigenvalue weighted by Crippen LogP contribution is 2.38. The molecule has 2 rings (SSSR count). The Morgan fingerprint density at radius 3 is 2.95 bits per heavy atom. The molecule has 0 saturated carbocycles. The van der Waals surface area contributed by atoms with Gasteiger partial charge in [-0.1, -0.05) is 0 Å². The van der Waals surface area contributed by atoms with Gasteiger partial charge in [-0.25, -0.2) is 0 Å². The van der Waals surface area contributed by atoms with Gasteiger partial charge in [0.25, 0.3) is 0 Å². The average Bonchev–Trinajstić information content (AvgIpc) is 2.64. The lowest BCUT2D eigenvalue weighted by Crippen LogP contribution is -2.25. The number of rotatable bonds is 5. The highest BCUT2D eigenvalue weighted by atomic mass is 79.9. The van der Waals surface area contributed by atoms with E-state index in [0.29, 0.717) is 13.2 Å². The number of fused-ring (bicyclic) bond motifs is 1. The Kier molecular flexibility index (Phi) is 5.48. The van der Waals surface area contributed by atoms with Crippen LogP contribution in [0.5, 0.6) is 11.5 Å². The van der Waals surface area contributed by atoms with Crippen LogP contribution < -0.4 is 14.8 Å². The molecular weight excluding hydrogens is 310 g/mol. The van der Waals surface area contributed by atoms with Crippen LogP contribution >= 0.6 is 15.9 Å². The standard InChI is InChI=1S/C14H20BrNO3/c1-10(17-2)8-16-9-11-6-12(15)14-13(7-11)18-4-3-5-19-14/h6-7,10,16H,3-5,8-9H2,1-2H3. The highest BCUT2D eigenvalue weighted by Gasteiger charge is 2.15. The zero-order valence-electron chi connectivity index (χ0n) is 11.4. The summed E-state index contributed by atoms with van der Waals surface area (Å²) in [5.41, 5.74) is 1.17. The van der Waals surface area contributed by atoms with E-state index in [2.05, 4.69) is 27.3 Å². The van der Waals surface area contributed by atoms with Crippen molar-refractivity contribution in [1.29, 1.82) is 0 Å². The average molecular weight is 330 g/mol. The molecule has 4 nitrogen and oxygen atoms in total. The largest absolute Gasteiger partial charge is 0.490 e. The van der Waals surface area contributed by atoms with Crippen molar-refractivity contribution in [2.75, 3.05) is 26.9 Å². The first kappa shape index (κ1) is 14.6. The molecule has 0 aromatic heterocycles. The van der Waals surface area contributed by atoms with E-state index in [1.54, 1.807) is 7.11 Å². The summed E-state index contributed by atoms with van der Waals surface area (Å²) in [4.78, 5) is 0. The van der Waals surface area contributed by atoms with E-state index < -0.39 is 0 Å². The van der Waals surface area contributed by atoms with Crippen LogP contribution in [0.1, 0.15) is 18.9 Å². The summed E-state index contributed by atoms with van der Waals surface area (Å²) in [6.45, 7) is 5.05. The van der Waals surface area contributed by atoms with E-state index in [1.807, 2.05) is 13.0 Å². The minimum Gasteiger partial charge on any atom is -0.490 e. The highest BCUT2D eigenvalue weighted by molar-refractivity contribution is 9.10. The Morgan fingerprint density at radius 2 is 2.16 bits per heavy atom. The SMILES string of the molecule is COC(C)CNCc1cc(Br)c2c(c1)OCCCO2. The van der Waals surface area contributed by atoms with Crippen LogP contribution in [0.25, 0.3) is 0 Å². The van der Waals surface area contributed by atoms with E-state index >= 15 is 0 Å². The van der Waals surface area contributed by atoms with Crippen molar-refractivity contribution in [3.05, 3.63) is 22.2 Å². The zero-order valence-corrected chi connectivity index (χ0v) is 13.0. The van der Waals surface area contributed by atoms with Crippen molar-refractivity contribution in [3.63, 3.8) is 0 Å². The van der Waals surface area contributed by atoms with Crippen LogP contribution in [-0.2, 0) is 11.3 Å². The van der Waals surface area contributed by atoms with E-state index in [1.165, 1.54) is 5.56 Å². The van der Waals surface area contributed by atoms with E-state index in [4.69, 9.17) is 14.2 Å². The fourth-order valence-electron chi connectivity index (χ4n) is 1.89. The number of hydrogen-bond acceptors (Lipinski definition) is 4. The molecule has 0 spiro atoms. The number of hydrogen-bond donors (Lipinski definition) is 1. The van der Waals surface area contributed by atoms with E-state index in [-0.39, 0.29) is 6.10 Å². The van der Waals surface area contributed by atoms with Crippen LogP contribution in [0, 0.1) is 0 Å². The minimum absolute atomic E-state index is 0.212. The molecule has 5 heteroatoms. The lowest BCUT2D eigenvalue weighted by Gasteiger charge is -2.14. The van der Waals surface area contributed by atoms with Crippen molar-refractivity contribution in [1.82, 2.24) is 5.32 Å². The summed E-state index contributed by atoms with van der Waals surface area (Å²) < 4.78 is 17.5. The molecule has 0 bridgehead atoms. The summed E-state index contributed by atoms with van der Waals surface area (Å²) in [5.74, 6) is 1.63. The Bertz CT molecular complexity index is 425. The predicted octanol–water partition coefficient (Wildman–Crippen LogP) is 2.73. The van der Waals surface area contributed by atoms with Gasteiger partial charge in [0.2, 0.25) is 0 Å². The lowest BCUT2D eigenvalue weighted by molar-refractivity contribution is 0.117. The second kappa shape index (κ2) is 7.12. The second-order valence-electron chi connectivity index (χ2n) is 4.63. The molecule has 0 fully saturated rings. The zero-order chi connectivity index (χ0) is 13.7. The Balaban J connectivity index is 2.02. The molecule has 0 aliphatic carbocycles. The monoisotopic (exact) mass is 329 g/mol. The summed E-state index contributed by atoms with van der Waals surface area (Å²) in [6.07, 6.45) is 1.13. The number of halogens is 1. The van der Waals surface area contributed by atoms with Gasteiger partial charge >= 0.3 is 0 Å². The summed E-state index contributed by atoms with van der Waals surface area (Å²) >= 11 is 3.54. The summed E-state index contributed by atoms with van der Waals surface area (Å²) in [6, 6.07) is 4.11. The molecule has 106 valence electrons. The number of nitrogens with one attached hydrogen (secondary N) is 1. The molecule has 0 radical (unpaired) electrons. The van der Waals surface area contributed by atoms with Crippen molar-refractivity contribution >= 4 is 15.9 Å². The normalized spacial score (nSPS) is 15.9. The molecule has 1 aromatic rings. The molecule has 0 amide bonds. The smallest absolute Gasteiger partial charge is 0.175 e. The maximum Gasteiger partial charge on any atom is 0.175 e. The molecule has 1 aromatic carbocycles. The number of methoxy groups -OCH3 is 1. The molecule has 1 aliphatic heterocycles. The van der Waals surface area contributed by atoms with Crippen LogP contribution in [0.2, 0.25) is 0 Å². The van der Waals surface area contributed by atoms with E-state index in [0.717, 1.165) is 35.5 Å².